The molecule has 1 saturated heterocycles. The van der Waals surface area contributed by atoms with Gasteiger partial charge in [0, 0.05) is 6.04 Å². The van der Waals surface area contributed by atoms with Crippen molar-refractivity contribution in [3.63, 3.8) is 0 Å². The summed E-state index contributed by atoms with van der Waals surface area (Å²) in [5.41, 5.74) is 0.970. The van der Waals surface area contributed by atoms with Crippen molar-refractivity contribution in [2.45, 2.75) is 25.3 Å². The van der Waals surface area contributed by atoms with Crippen molar-refractivity contribution in [2.24, 2.45) is 0 Å². The Labute approximate surface area is 103 Å². The number of nitrogens with one attached hydrogen (secondary N) is 1. The van der Waals surface area contributed by atoms with Crippen molar-refractivity contribution in [3.05, 3.63) is 28.0 Å². The molecule has 1 N–H and O–H groups in total. The number of ether oxygens (including phenoxy) is 1. The molecule has 1 atom stereocenters. The molecule has 1 aromatic carbocycles. The fourth-order valence-electron chi connectivity index (χ4n) is 2.07. The number of benzene rings is 1. The van der Waals surface area contributed by atoms with Crippen LogP contribution in [0.1, 0.15) is 30.9 Å². The van der Waals surface area contributed by atoms with Crippen molar-refractivity contribution < 1.29 is 9.13 Å². The van der Waals surface area contributed by atoms with Crippen LogP contribution in [0.3, 0.4) is 0 Å². The second-order valence-electron chi connectivity index (χ2n) is 4.02. The molecule has 1 aliphatic heterocycles. The van der Waals surface area contributed by atoms with Crippen LogP contribution in [-0.4, -0.2) is 13.7 Å². The van der Waals surface area contributed by atoms with Crippen LogP contribution >= 0.6 is 15.9 Å². The quantitative estimate of drug-likeness (QED) is 0.900. The lowest BCUT2D eigenvalue weighted by molar-refractivity contribution is 0.394. The van der Waals surface area contributed by atoms with E-state index in [1.165, 1.54) is 12.8 Å². The van der Waals surface area contributed by atoms with Gasteiger partial charge in [0.05, 0.1) is 11.6 Å². The van der Waals surface area contributed by atoms with Crippen LogP contribution in [0.4, 0.5) is 4.39 Å². The van der Waals surface area contributed by atoms with E-state index in [0.29, 0.717) is 10.2 Å². The highest BCUT2D eigenvalue weighted by molar-refractivity contribution is 9.10. The van der Waals surface area contributed by atoms with Crippen molar-refractivity contribution in [1.82, 2.24) is 5.32 Å². The molecular weight excluding hydrogens is 273 g/mol. The predicted octanol–water partition coefficient (Wildman–Crippen LogP) is 3.41. The molecule has 1 fully saturated rings. The molecule has 0 amide bonds. The second kappa shape index (κ2) is 5.15. The molecule has 2 rings (SSSR count). The van der Waals surface area contributed by atoms with Gasteiger partial charge in [-0.1, -0.05) is 6.42 Å². The Morgan fingerprint density at radius 1 is 1.44 bits per heavy atom. The van der Waals surface area contributed by atoms with Gasteiger partial charge in [0.25, 0.3) is 0 Å². The summed E-state index contributed by atoms with van der Waals surface area (Å²) < 4.78 is 19.2. The standard InChI is InChI=1S/C12H15BrFNO/c1-16-11-7-8(6-9(14)12(11)13)10-4-2-3-5-15-10/h6-7,10,15H,2-5H2,1H3. The zero-order chi connectivity index (χ0) is 11.5. The number of hydrogen-bond donors (Lipinski definition) is 1. The molecule has 0 aromatic heterocycles. The Kier molecular flexibility index (Phi) is 3.82. The molecule has 0 bridgehead atoms. The van der Waals surface area contributed by atoms with Crippen molar-refractivity contribution in [1.29, 1.82) is 0 Å². The van der Waals surface area contributed by atoms with Crippen molar-refractivity contribution in [2.75, 3.05) is 13.7 Å². The summed E-state index contributed by atoms with van der Waals surface area (Å²) in [6.45, 7) is 1.00. The molecule has 1 aromatic rings. The van der Waals surface area contributed by atoms with Gasteiger partial charge in [-0.15, -0.1) is 0 Å². The molecule has 0 aliphatic carbocycles. The molecule has 0 saturated carbocycles. The lowest BCUT2D eigenvalue weighted by Crippen LogP contribution is -2.26. The van der Waals surface area contributed by atoms with Gasteiger partial charge in [-0.05, 0) is 53.0 Å². The highest BCUT2D eigenvalue weighted by Gasteiger charge is 2.18. The van der Waals surface area contributed by atoms with Crippen LogP contribution in [-0.2, 0) is 0 Å². The first kappa shape index (κ1) is 11.9. The van der Waals surface area contributed by atoms with E-state index in [-0.39, 0.29) is 11.9 Å². The monoisotopic (exact) mass is 287 g/mol. The van der Waals surface area contributed by atoms with Gasteiger partial charge < -0.3 is 10.1 Å². The molecule has 1 heterocycles. The number of halogens is 2. The first-order valence-corrected chi connectivity index (χ1v) is 6.28. The van der Waals surface area contributed by atoms with Gasteiger partial charge in [0.1, 0.15) is 11.6 Å². The summed E-state index contributed by atoms with van der Waals surface area (Å²) >= 11 is 3.18. The van der Waals surface area contributed by atoms with Crippen molar-refractivity contribution >= 4 is 15.9 Å². The van der Waals surface area contributed by atoms with E-state index in [4.69, 9.17) is 4.74 Å². The number of methoxy groups -OCH3 is 1. The number of piperidine rings is 1. The van der Waals surface area contributed by atoms with Gasteiger partial charge in [0.2, 0.25) is 0 Å². The summed E-state index contributed by atoms with van der Waals surface area (Å²) in [6.07, 6.45) is 3.45. The van der Waals surface area contributed by atoms with Gasteiger partial charge in [0.15, 0.2) is 0 Å². The van der Waals surface area contributed by atoms with Crippen LogP contribution in [0.25, 0.3) is 0 Å². The smallest absolute Gasteiger partial charge is 0.141 e. The fraction of sp³-hybridized carbons (Fsp3) is 0.500. The van der Waals surface area contributed by atoms with E-state index in [2.05, 4.69) is 21.2 Å². The predicted molar refractivity (Wildman–Crippen MR) is 65.2 cm³/mol. The molecule has 88 valence electrons. The average Bonchev–Trinajstić information content (AvgIpc) is 2.33. The Morgan fingerprint density at radius 2 is 2.25 bits per heavy atom. The maximum atomic E-state index is 13.6. The first-order valence-electron chi connectivity index (χ1n) is 5.48. The molecular formula is C12H15BrFNO. The largest absolute Gasteiger partial charge is 0.495 e. The first-order chi connectivity index (χ1) is 7.72. The second-order valence-corrected chi connectivity index (χ2v) is 4.81. The Morgan fingerprint density at radius 3 is 2.88 bits per heavy atom. The van der Waals surface area contributed by atoms with E-state index in [1.807, 2.05) is 6.07 Å². The summed E-state index contributed by atoms with van der Waals surface area (Å²) in [5, 5.41) is 3.40. The lowest BCUT2D eigenvalue weighted by Gasteiger charge is -2.24. The zero-order valence-corrected chi connectivity index (χ0v) is 10.8. The van der Waals surface area contributed by atoms with Gasteiger partial charge in [-0.3, -0.25) is 0 Å². The minimum atomic E-state index is -0.262. The summed E-state index contributed by atoms with van der Waals surface area (Å²) in [7, 11) is 1.55. The van der Waals surface area contributed by atoms with Crippen LogP contribution in [0.15, 0.2) is 16.6 Å². The maximum Gasteiger partial charge on any atom is 0.141 e. The summed E-state index contributed by atoms with van der Waals surface area (Å²) in [5.74, 6) is 0.295. The minimum Gasteiger partial charge on any atom is -0.495 e. The average molecular weight is 288 g/mol. The molecule has 2 nitrogen and oxygen atoms in total. The third kappa shape index (κ3) is 2.38. The molecule has 1 unspecified atom stereocenters. The third-order valence-corrected chi connectivity index (χ3v) is 3.72. The number of rotatable bonds is 2. The van der Waals surface area contributed by atoms with Gasteiger partial charge in [-0.2, -0.15) is 0 Å². The van der Waals surface area contributed by atoms with Crippen LogP contribution in [0, 0.1) is 5.82 Å². The Balaban J connectivity index is 2.29. The normalized spacial score (nSPS) is 20.8. The molecule has 0 radical (unpaired) electrons. The van der Waals surface area contributed by atoms with Gasteiger partial charge in [-0.25, -0.2) is 4.39 Å². The molecule has 4 heteroatoms. The van der Waals surface area contributed by atoms with Gasteiger partial charge >= 0.3 is 0 Å². The zero-order valence-electron chi connectivity index (χ0n) is 9.22. The fourth-order valence-corrected chi connectivity index (χ4v) is 2.46. The van der Waals surface area contributed by atoms with E-state index in [1.54, 1.807) is 13.2 Å². The van der Waals surface area contributed by atoms with E-state index in [0.717, 1.165) is 18.5 Å². The number of hydrogen-bond acceptors (Lipinski definition) is 2. The highest BCUT2D eigenvalue weighted by atomic mass is 79.9. The highest BCUT2D eigenvalue weighted by Crippen LogP contribution is 2.33. The van der Waals surface area contributed by atoms with E-state index < -0.39 is 0 Å². The molecule has 1 aliphatic rings. The molecule has 0 spiro atoms. The van der Waals surface area contributed by atoms with Crippen molar-refractivity contribution in [3.8, 4) is 5.75 Å². The minimum absolute atomic E-state index is 0.255. The SMILES string of the molecule is COc1cc(C2CCCCN2)cc(F)c1Br. The van der Waals surface area contributed by atoms with E-state index >= 15 is 0 Å². The summed E-state index contributed by atoms with van der Waals surface area (Å²) in [4.78, 5) is 0. The maximum absolute atomic E-state index is 13.6. The van der Waals surface area contributed by atoms with Crippen LogP contribution < -0.4 is 10.1 Å². The van der Waals surface area contributed by atoms with Crippen LogP contribution in [0.2, 0.25) is 0 Å². The third-order valence-electron chi connectivity index (χ3n) is 2.95. The van der Waals surface area contributed by atoms with E-state index in [9.17, 15) is 4.39 Å². The Bertz CT molecular complexity index is 378. The Hall–Kier alpha value is -0.610. The topological polar surface area (TPSA) is 21.3 Å². The molecule has 16 heavy (non-hydrogen) atoms. The lowest BCUT2D eigenvalue weighted by atomic mass is 9.97. The van der Waals surface area contributed by atoms with Crippen LogP contribution in [0.5, 0.6) is 5.75 Å². The summed E-state index contributed by atoms with van der Waals surface area (Å²) in [6, 6.07) is 3.73.